The van der Waals surface area contributed by atoms with Crippen molar-refractivity contribution in [1.29, 1.82) is 0 Å². The molecule has 3 aromatic rings. The number of anilines is 1. The minimum absolute atomic E-state index is 0.321. The maximum absolute atomic E-state index is 13.6. The number of nitrogens with zero attached hydrogens (tertiary/aromatic N) is 4. The van der Waals surface area contributed by atoms with Crippen LogP contribution in [-0.4, -0.2) is 30.0 Å². The lowest BCUT2D eigenvalue weighted by molar-refractivity contribution is 0.586. The Kier molecular flexibility index (Phi) is 4.26. The lowest BCUT2D eigenvalue weighted by Crippen LogP contribution is -2.36. The van der Waals surface area contributed by atoms with Crippen LogP contribution in [0.1, 0.15) is 23.1 Å². The Morgan fingerprint density at radius 3 is 2.63 bits per heavy atom. The van der Waals surface area contributed by atoms with Gasteiger partial charge in [0.05, 0.1) is 16.8 Å². The maximum atomic E-state index is 13.6. The topological polar surface area (TPSA) is 68.1 Å². The normalized spacial score (nSPS) is 14.3. The van der Waals surface area contributed by atoms with Crippen molar-refractivity contribution in [2.45, 2.75) is 31.6 Å². The summed E-state index contributed by atoms with van der Waals surface area (Å²) in [6, 6.07) is 11.4. The zero-order valence-corrected chi connectivity index (χ0v) is 16.5. The summed E-state index contributed by atoms with van der Waals surface area (Å²) < 4.78 is 30.4. The van der Waals surface area contributed by atoms with E-state index in [9.17, 15) is 8.42 Å². The fraction of sp³-hybridized carbons (Fsp3) is 0.300. The van der Waals surface area contributed by atoms with Crippen LogP contribution in [0, 0.1) is 13.8 Å². The van der Waals surface area contributed by atoms with E-state index in [2.05, 4.69) is 10.3 Å². The van der Waals surface area contributed by atoms with Crippen molar-refractivity contribution in [2.75, 3.05) is 10.8 Å². The molecule has 1 aromatic heterocycles. The summed E-state index contributed by atoms with van der Waals surface area (Å²) in [6.07, 6.45) is 3.50. The van der Waals surface area contributed by atoms with Gasteiger partial charge in [-0.3, -0.25) is 8.99 Å². The van der Waals surface area contributed by atoms with Gasteiger partial charge in [-0.25, -0.2) is 8.42 Å². The zero-order chi connectivity index (χ0) is 19.2. The molecule has 2 aromatic carbocycles. The second-order valence-electron chi connectivity index (χ2n) is 7.02. The lowest BCUT2D eigenvalue weighted by atomic mass is 10.0. The highest BCUT2D eigenvalue weighted by atomic mass is 32.2. The third-order valence-electron chi connectivity index (χ3n) is 5.03. The Labute approximate surface area is 159 Å². The summed E-state index contributed by atoms with van der Waals surface area (Å²) in [5.74, 6) is 0. The molecule has 0 amide bonds. The van der Waals surface area contributed by atoms with Gasteiger partial charge >= 0.3 is 0 Å². The van der Waals surface area contributed by atoms with Crippen LogP contribution in [0.25, 0.3) is 11.3 Å². The van der Waals surface area contributed by atoms with Crippen molar-refractivity contribution in [3.05, 3.63) is 59.3 Å². The number of aryl methyl sites for hydroxylation is 4. The molecule has 0 saturated heterocycles. The number of fused-ring (bicyclic) bond motifs is 1. The highest BCUT2D eigenvalue weighted by Crippen LogP contribution is 2.36. The molecule has 140 valence electrons. The smallest absolute Gasteiger partial charge is 0.264 e. The molecule has 0 radical (unpaired) electrons. The summed E-state index contributed by atoms with van der Waals surface area (Å²) in [5.41, 5.74) is 5.03. The first-order valence-electron chi connectivity index (χ1n) is 8.96. The van der Waals surface area contributed by atoms with Crippen LogP contribution in [0.4, 0.5) is 5.69 Å². The summed E-state index contributed by atoms with van der Waals surface area (Å²) in [5, 5.41) is 8.05. The fourth-order valence-electron chi connectivity index (χ4n) is 3.68. The minimum atomic E-state index is -3.67. The van der Waals surface area contributed by atoms with E-state index in [1.54, 1.807) is 28.3 Å². The van der Waals surface area contributed by atoms with Crippen molar-refractivity contribution < 1.29 is 8.42 Å². The van der Waals surface area contributed by atoms with E-state index < -0.39 is 10.0 Å². The van der Waals surface area contributed by atoms with Crippen molar-refractivity contribution in [3.8, 4) is 11.3 Å². The Hall–Kier alpha value is -2.67. The van der Waals surface area contributed by atoms with Crippen LogP contribution >= 0.6 is 0 Å². The van der Waals surface area contributed by atoms with E-state index in [4.69, 9.17) is 0 Å². The summed E-state index contributed by atoms with van der Waals surface area (Å²) in [6.45, 7) is 4.29. The standard InChI is InChI=1S/C20H22N4O2S/c1-14-9-10-17(18-13-23(3)22-21-18)12-19(14)27(25,26)24-11-5-8-16-7-4-6-15(2)20(16)24/h4,6-7,9-10,12-13H,5,8,11H2,1-3H3. The number of benzene rings is 2. The van der Waals surface area contributed by atoms with Crippen molar-refractivity contribution in [2.24, 2.45) is 7.05 Å². The molecule has 0 N–H and O–H groups in total. The second kappa shape index (κ2) is 6.49. The lowest BCUT2D eigenvalue weighted by Gasteiger charge is -2.32. The van der Waals surface area contributed by atoms with Crippen LogP contribution < -0.4 is 4.31 Å². The predicted molar refractivity (Wildman–Crippen MR) is 105 cm³/mol. The average Bonchev–Trinajstić information content (AvgIpc) is 3.08. The molecule has 7 heteroatoms. The van der Waals surface area contributed by atoms with E-state index in [-0.39, 0.29) is 0 Å². The quantitative estimate of drug-likeness (QED) is 0.697. The molecule has 27 heavy (non-hydrogen) atoms. The average molecular weight is 382 g/mol. The molecule has 0 unspecified atom stereocenters. The number of sulfonamides is 1. The number of hydrogen-bond donors (Lipinski definition) is 0. The molecule has 2 heterocycles. The first-order chi connectivity index (χ1) is 12.9. The van der Waals surface area contributed by atoms with E-state index in [0.29, 0.717) is 17.1 Å². The van der Waals surface area contributed by atoms with Gasteiger partial charge in [-0.1, -0.05) is 35.5 Å². The summed E-state index contributed by atoms with van der Waals surface area (Å²) in [4.78, 5) is 0.321. The number of hydrogen-bond acceptors (Lipinski definition) is 4. The largest absolute Gasteiger partial charge is 0.266 e. The SMILES string of the molecule is Cc1ccc(-c2cn(C)nn2)cc1S(=O)(=O)N1CCCc2cccc(C)c21. The Morgan fingerprint density at radius 1 is 1.07 bits per heavy atom. The Balaban J connectivity index is 1.84. The molecule has 1 aliphatic heterocycles. The van der Waals surface area contributed by atoms with Crippen LogP contribution in [-0.2, 0) is 23.5 Å². The van der Waals surface area contributed by atoms with Gasteiger partial charge in [-0.05, 0) is 49.4 Å². The molecule has 0 atom stereocenters. The fourth-order valence-corrected chi connectivity index (χ4v) is 5.54. The number of rotatable bonds is 3. The van der Waals surface area contributed by atoms with Crippen LogP contribution in [0.2, 0.25) is 0 Å². The molecule has 4 rings (SSSR count). The number of aromatic nitrogens is 3. The summed E-state index contributed by atoms with van der Waals surface area (Å²) >= 11 is 0. The Morgan fingerprint density at radius 2 is 1.89 bits per heavy atom. The number of para-hydroxylation sites is 1. The van der Waals surface area contributed by atoms with E-state index >= 15 is 0 Å². The zero-order valence-electron chi connectivity index (χ0n) is 15.7. The van der Waals surface area contributed by atoms with E-state index in [1.807, 2.05) is 44.2 Å². The highest BCUT2D eigenvalue weighted by Gasteiger charge is 2.31. The molecular weight excluding hydrogens is 360 g/mol. The highest BCUT2D eigenvalue weighted by molar-refractivity contribution is 7.92. The van der Waals surface area contributed by atoms with Gasteiger partial charge in [-0.15, -0.1) is 5.10 Å². The first kappa shape index (κ1) is 17.7. The van der Waals surface area contributed by atoms with Crippen molar-refractivity contribution in [1.82, 2.24) is 15.0 Å². The molecule has 1 aliphatic rings. The third-order valence-corrected chi connectivity index (χ3v) is 6.97. The maximum Gasteiger partial charge on any atom is 0.264 e. The van der Waals surface area contributed by atoms with Crippen LogP contribution in [0.3, 0.4) is 0 Å². The van der Waals surface area contributed by atoms with Gasteiger partial charge < -0.3 is 0 Å². The first-order valence-corrected chi connectivity index (χ1v) is 10.4. The Bertz CT molecular complexity index is 1120. The van der Waals surface area contributed by atoms with E-state index in [0.717, 1.165) is 40.8 Å². The molecular formula is C20H22N4O2S. The molecule has 0 fully saturated rings. The van der Waals surface area contributed by atoms with Gasteiger partial charge in [0.1, 0.15) is 5.69 Å². The molecule has 0 aliphatic carbocycles. The summed E-state index contributed by atoms with van der Waals surface area (Å²) in [7, 11) is -1.89. The van der Waals surface area contributed by atoms with Gasteiger partial charge in [-0.2, -0.15) is 0 Å². The van der Waals surface area contributed by atoms with Crippen molar-refractivity contribution in [3.63, 3.8) is 0 Å². The third kappa shape index (κ3) is 3.02. The minimum Gasteiger partial charge on any atom is -0.266 e. The van der Waals surface area contributed by atoms with Gasteiger partial charge in [0.15, 0.2) is 0 Å². The molecule has 0 saturated carbocycles. The molecule has 0 spiro atoms. The monoisotopic (exact) mass is 382 g/mol. The second-order valence-corrected chi connectivity index (χ2v) is 8.85. The van der Waals surface area contributed by atoms with Crippen LogP contribution in [0.15, 0.2) is 47.5 Å². The van der Waals surface area contributed by atoms with Gasteiger partial charge in [0, 0.05) is 19.2 Å². The van der Waals surface area contributed by atoms with Gasteiger partial charge in [0.2, 0.25) is 0 Å². The molecule has 6 nitrogen and oxygen atoms in total. The van der Waals surface area contributed by atoms with E-state index in [1.165, 1.54) is 0 Å². The van der Waals surface area contributed by atoms with Gasteiger partial charge in [0.25, 0.3) is 10.0 Å². The van der Waals surface area contributed by atoms with Crippen LogP contribution in [0.5, 0.6) is 0 Å². The predicted octanol–water partition coefficient (Wildman–Crippen LogP) is 3.24. The van der Waals surface area contributed by atoms with Crippen molar-refractivity contribution >= 4 is 15.7 Å². The molecule has 0 bridgehead atoms.